The highest BCUT2D eigenvalue weighted by Gasteiger charge is 2.12. The molecule has 0 fully saturated rings. The molecule has 7 heteroatoms. The van der Waals surface area contributed by atoms with Crippen LogP contribution in [0.15, 0.2) is 65.1 Å². The number of imidazole rings is 1. The van der Waals surface area contributed by atoms with Gasteiger partial charge in [-0.1, -0.05) is 54.2 Å². The van der Waals surface area contributed by atoms with Gasteiger partial charge in [-0.15, -0.1) is 11.3 Å². The Morgan fingerprint density at radius 3 is 2.71 bits per heavy atom. The minimum absolute atomic E-state index is 0.101. The average Bonchev–Trinajstić information content (AvgIpc) is 3.29. The van der Waals surface area contributed by atoms with Gasteiger partial charge >= 0.3 is 0 Å². The maximum Gasteiger partial charge on any atom is 0.223 e. The number of anilines is 1. The third-order valence-corrected chi connectivity index (χ3v) is 6.09. The SMILES string of the molecule is CC(=O)Nc1nc(CSc2nc3ccccc3n2CCc2ccccc2)cs1. The van der Waals surface area contributed by atoms with Crippen molar-refractivity contribution in [3.63, 3.8) is 0 Å². The normalized spacial score (nSPS) is 11.0. The summed E-state index contributed by atoms with van der Waals surface area (Å²) < 4.78 is 2.29. The highest BCUT2D eigenvalue weighted by molar-refractivity contribution is 7.98. The van der Waals surface area contributed by atoms with E-state index in [0.29, 0.717) is 10.9 Å². The lowest BCUT2D eigenvalue weighted by Gasteiger charge is -2.09. The number of para-hydroxylation sites is 2. The number of benzene rings is 2. The van der Waals surface area contributed by atoms with Gasteiger partial charge in [0.2, 0.25) is 5.91 Å². The number of fused-ring (bicyclic) bond motifs is 1. The molecule has 2 aromatic heterocycles. The second-order valence-electron chi connectivity index (χ2n) is 6.38. The maximum absolute atomic E-state index is 11.2. The third-order valence-electron chi connectivity index (χ3n) is 4.27. The Balaban J connectivity index is 1.52. The number of hydrogen-bond donors (Lipinski definition) is 1. The molecular weight excluding hydrogens is 388 g/mol. The van der Waals surface area contributed by atoms with Gasteiger partial charge in [0.25, 0.3) is 0 Å². The Labute approximate surface area is 171 Å². The lowest BCUT2D eigenvalue weighted by Crippen LogP contribution is -2.05. The molecule has 0 saturated carbocycles. The minimum atomic E-state index is -0.101. The van der Waals surface area contributed by atoms with Crippen LogP contribution in [-0.4, -0.2) is 20.4 Å². The summed E-state index contributed by atoms with van der Waals surface area (Å²) in [7, 11) is 0. The summed E-state index contributed by atoms with van der Waals surface area (Å²) in [4.78, 5) is 20.5. The summed E-state index contributed by atoms with van der Waals surface area (Å²) in [6.07, 6.45) is 0.956. The summed E-state index contributed by atoms with van der Waals surface area (Å²) in [5.74, 6) is 0.612. The number of thiazole rings is 1. The van der Waals surface area contributed by atoms with E-state index in [-0.39, 0.29) is 5.91 Å². The Hall–Kier alpha value is -2.64. The molecule has 1 N–H and O–H groups in total. The van der Waals surface area contributed by atoms with Gasteiger partial charge in [0.1, 0.15) is 0 Å². The fourth-order valence-electron chi connectivity index (χ4n) is 2.99. The van der Waals surface area contributed by atoms with Gasteiger partial charge in [-0.05, 0) is 24.1 Å². The lowest BCUT2D eigenvalue weighted by atomic mass is 10.1. The quantitative estimate of drug-likeness (QED) is 0.438. The third kappa shape index (κ3) is 4.43. The molecule has 0 aliphatic rings. The Morgan fingerprint density at radius 1 is 1.11 bits per heavy atom. The number of hydrogen-bond acceptors (Lipinski definition) is 5. The predicted molar refractivity (Wildman–Crippen MR) is 116 cm³/mol. The fourth-order valence-corrected chi connectivity index (χ4v) is 4.78. The monoisotopic (exact) mass is 408 g/mol. The number of nitrogens with zero attached hydrogens (tertiary/aromatic N) is 3. The van der Waals surface area contributed by atoms with Crippen molar-refractivity contribution >= 4 is 45.2 Å². The van der Waals surface area contributed by atoms with E-state index in [9.17, 15) is 4.79 Å². The van der Waals surface area contributed by atoms with E-state index in [4.69, 9.17) is 4.98 Å². The van der Waals surface area contributed by atoms with Crippen LogP contribution in [0.4, 0.5) is 5.13 Å². The summed E-state index contributed by atoms with van der Waals surface area (Å²) >= 11 is 3.12. The van der Waals surface area contributed by atoms with Crippen molar-refractivity contribution in [2.24, 2.45) is 0 Å². The molecule has 0 radical (unpaired) electrons. The van der Waals surface area contributed by atoms with Gasteiger partial charge in [-0.2, -0.15) is 0 Å². The number of amides is 1. The second-order valence-corrected chi connectivity index (χ2v) is 8.18. The van der Waals surface area contributed by atoms with E-state index in [0.717, 1.165) is 34.8 Å². The maximum atomic E-state index is 11.2. The zero-order chi connectivity index (χ0) is 19.3. The van der Waals surface area contributed by atoms with E-state index in [1.165, 1.54) is 23.8 Å². The first kappa shape index (κ1) is 18.7. The molecule has 0 saturated heterocycles. The van der Waals surface area contributed by atoms with Crippen molar-refractivity contribution < 1.29 is 4.79 Å². The molecule has 0 bridgehead atoms. The molecule has 28 heavy (non-hydrogen) atoms. The van der Waals surface area contributed by atoms with Gasteiger partial charge in [0.15, 0.2) is 10.3 Å². The molecule has 4 rings (SSSR count). The lowest BCUT2D eigenvalue weighted by molar-refractivity contribution is -0.114. The van der Waals surface area contributed by atoms with Gasteiger partial charge < -0.3 is 9.88 Å². The molecule has 0 spiro atoms. The second kappa shape index (κ2) is 8.58. The average molecular weight is 409 g/mol. The van der Waals surface area contributed by atoms with Crippen molar-refractivity contribution in [1.82, 2.24) is 14.5 Å². The largest absolute Gasteiger partial charge is 0.319 e. The highest BCUT2D eigenvalue weighted by atomic mass is 32.2. The predicted octanol–water partition coefficient (Wildman–Crippen LogP) is 4.99. The van der Waals surface area contributed by atoms with Gasteiger partial charge in [0.05, 0.1) is 16.7 Å². The van der Waals surface area contributed by atoms with E-state index in [2.05, 4.69) is 57.3 Å². The Kier molecular flexibility index (Phi) is 5.73. The zero-order valence-electron chi connectivity index (χ0n) is 15.5. The Bertz CT molecular complexity index is 1090. The number of rotatable bonds is 7. The van der Waals surface area contributed by atoms with E-state index >= 15 is 0 Å². The molecule has 1 amide bonds. The van der Waals surface area contributed by atoms with Gasteiger partial charge in [-0.25, -0.2) is 9.97 Å². The van der Waals surface area contributed by atoms with Crippen LogP contribution in [0, 0.1) is 0 Å². The number of carbonyl (C=O) groups excluding carboxylic acids is 1. The molecule has 4 aromatic rings. The number of aryl methyl sites for hydroxylation is 2. The summed E-state index contributed by atoms with van der Waals surface area (Å²) in [5, 5.41) is 6.35. The van der Waals surface area contributed by atoms with Gasteiger partial charge in [-0.3, -0.25) is 4.79 Å². The molecule has 2 aromatic carbocycles. The molecule has 0 unspecified atom stereocenters. The zero-order valence-corrected chi connectivity index (χ0v) is 17.1. The smallest absolute Gasteiger partial charge is 0.223 e. The Morgan fingerprint density at radius 2 is 1.89 bits per heavy atom. The standard InChI is InChI=1S/C21H20N4OS2/c1-15(26)22-20-23-17(13-27-20)14-28-21-24-18-9-5-6-10-19(18)25(21)12-11-16-7-3-2-4-8-16/h2-10,13H,11-12,14H2,1H3,(H,22,23,26). The number of aromatic nitrogens is 3. The van der Waals surface area contributed by atoms with Crippen molar-refractivity contribution in [2.75, 3.05) is 5.32 Å². The van der Waals surface area contributed by atoms with E-state index in [1.54, 1.807) is 11.8 Å². The van der Waals surface area contributed by atoms with Crippen LogP contribution in [0.25, 0.3) is 11.0 Å². The first-order valence-corrected chi connectivity index (χ1v) is 10.9. The molecular formula is C21H20N4OS2. The summed E-state index contributed by atoms with van der Waals surface area (Å²) in [6.45, 7) is 2.37. The minimum Gasteiger partial charge on any atom is -0.319 e. The van der Waals surface area contributed by atoms with Crippen LogP contribution >= 0.6 is 23.1 Å². The first-order valence-electron chi connectivity index (χ1n) is 9.03. The molecule has 2 heterocycles. The van der Waals surface area contributed by atoms with Crippen LogP contribution in [0.2, 0.25) is 0 Å². The topological polar surface area (TPSA) is 59.8 Å². The van der Waals surface area contributed by atoms with Crippen LogP contribution in [-0.2, 0) is 23.5 Å². The first-order chi connectivity index (χ1) is 13.7. The van der Waals surface area contributed by atoms with Crippen molar-refractivity contribution in [1.29, 1.82) is 0 Å². The highest BCUT2D eigenvalue weighted by Crippen LogP contribution is 2.28. The number of nitrogens with one attached hydrogen (secondary N) is 1. The summed E-state index contributed by atoms with van der Waals surface area (Å²) in [6, 6.07) is 18.8. The molecule has 5 nitrogen and oxygen atoms in total. The van der Waals surface area contributed by atoms with Crippen LogP contribution in [0.3, 0.4) is 0 Å². The van der Waals surface area contributed by atoms with E-state index in [1.807, 2.05) is 17.5 Å². The molecule has 142 valence electrons. The fraction of sp³-hybridized carbons (Fsp3) is 0.190. The summed E-state index contributed by atoms with van der Waals surface area (Å²) in [5.41, 5.74) is 4.42. The van der Waals surface area contributed by atoms with Crippen LogP contribution in [0.1, 0.15) is 18.2 Å². The number of thioether (sulfide) groups is 1. The van der Waals surface area contributed by atoms with Crippen molar-refractivity contribution in [3.05, 3.63) is 71.2 Å². The van der Waals surface area contributed by atoms with Crippen LogP contribution < -0.4 is 5.32 Å². The molecule has 0 aliphatic carbocycles. The van der Waals surface area contributed by atoms with Crippen molar-refractivity contribution in [3.8, 4) is 0 Å². The number of carbonyl (C=O) groups is 1. The molecule has 0 aliphatic heterocycles. The van der Waals surface area contributed by atoms with Gasteiger partial charge in [0, 0.05) is 24.6 Å². The molecule has 0 atom stereocenters. The van der Waals surface area contributed by atoms with Crippen molar-refractivity contribution in [2.45, 2.75) is 30.8 Å². The van der Waals surface area contributed by atoms with Crippen LogP contribution in [0.5, 0.6) is 0 Å². The van der Waals surface area contributed by atoms with E-state index < -0.39 is 0 Å².